The van der Waals surface area contributed by atoms with Crippen molar-refractivity contribution in [1.29, 1.82) is 0 Å². The zero-order valence-corrected chi connectivity index (χ0v) is 11.8. The number of benzene rings is 1. The Balaban J connectivity index is 2.63. The van der Waals surface area contributed by atoms with Crippen LogP contribution in [-0.2, 0) is 0 Å². The van der Waals surface area contributed by atoms with Crippen molar-refractivity contribution in [3.63, 3.8) is 0 Å². The molecule has 17 heavy (non-hydrogen) atoms. The summed E-state index contributed by atoms with van der Waals surface area (Å²) in [7, 11) is 2.15. The van der Waals surface area contributed by atoms with Gasteiger partial charge < -0.3 is 10.6 Å². The van der Waals surface area contributed by atoms with Crippen molar-refractivity contribution in [2.24, 2.45) is 11.7 Å². The van der Waals surface area contributed by atoms with Crippen molar-refractivity contribution in [2.75, 3.05) is 13.6 Å². The second kappa shape index (κ2) is 6.18. The molecule has 1 aromatic rings. The summed E-state index contributed by atoms with van der Waals surface area (Å²) in [4.78, 5) is 2.34. The normalized spacial score (nSPS) is 15.3. The lowest BCUT2D eigenvalue weighted by molar-refractivity contribution is 0.197. The molecule has 0 fully saturated rings. The first-order valence-corrected chi connectivity index (χ1v) is 6.44. The molecule has 2 nitrogen and oxygen atoms in total. The maximum atomic E-state index is 6.26. The molecule has 2 atom stereocenters. The monoisotopic (exact) mass is 234 g/mol. The van der Waals surface area contributed by atoms with Crippen LogP contribution in [0.25, 0.3) is 0 Å². The van der Waals surface area contributed by atoms with E-state index in [0.29, 0.717) is 12.0 Å². The van der Waals surface area contributed by atoms with E-state index in [2.05, 4.69) is 63.9 Å². The van der Waals surface area contributed by atoms with Crippen LogP contribution < -0.4 is 5.73 Å². The number of hydrogen-bond donors (Lipinski definition) is 1. The molecule has 0 radical (unpaired) electrons. The van der Waals surface area contributed by atoms with Gasteiger partial charge in [0.15, 0.2) is 0 Å². The van der Waals surface area contributed by atoms with E-state index >= 15 is 0 Å². The minimum atomic E-state index is 0.0982. The van der Waals surface area contributed by atoms with Gasteiger partial charge in [0, 0.05) is 18.6 Å². The minimum absolute atomic E-state index is 0.0982. The number of aryl methyl sites for hydroxylation is 1. The number of likely N-dealkylation sites (N-methyl/N-ethyl adjacent to an activating group) is 1. The van der Waals surface area contributed by atoms with E-state index in [-0.39, 0.29) is 6.04 Å². The van der Waals surface area contributed by atoms with Crippen LogP contribution in [0.2, 0.25) is 0 Å². The molecule has 0 saturated carbocycles. The standard InChI is InChI=1S/C15H26N2/c1-11(2)13(4)17(5)10-15(16)14-8-6-7-12(3)9-14/h6-9,11,13,15H,10,16H2,1-5H3. The molecule has 2 N–H and O–H groups in total. The molecule has 96 valence electrons. The lowest BCUT2D eigenvalue weighted by Gasteiger charge is -2.30. The first-order chi connectivity index (χ1) is 7.91. The highest BCUT2D eigenvalue weighted by molar-refractivity contribution is 5.25. The van der Waals surface area contributed by atoms with Gasteiger partial charge >= 0.3 is 0 Å². The third-order valence-electron chi connectivity index (χ3n) is 3.62. The Bertz CT molecular complexity index is 347. The van der Waals surface area contributed by atoms with Crippen molar-refractivity contribution in [3.05, 3.63) is 35.4 Å². The summed E-state index contributed by atoms with van der Waals surface area (Å²) in [5, 5.41) is 0. The van der Waals surface area contributed by atoms with Gasteiger partial charge in [-0.2, -0.15) is 0 Å². The van der Waals surface area contributed by atoms with Gasteiger partial charge in [0.05, 0.1) is 0 Å². The zero-order valence-electron chi connectivity index (χ0n) is 11.8. The predicted molar refractivity (Wildman–Crippen MR) is 75.0 cm³/mol. The van der Waals surface area contributed by atoms with Gasteiger partial charge in [0.1, 0.15) is 0 Å². The van der Waals surface area contributed by atoms with Gasteiger partial charge in [-0.05, 0) is 32.4 Å². The van der Waals surface area contributed by atoms with E-state index in [9.17, 15) is 0 Å². The molecular weight excluding hydrogens is 208 g/mol. The van der Waals surface area contributed by atoms with Gasteiger partial charge in [-0.3, -0.25) is 0 Å². The van der Waals surface area contributed by atoms with Crippen LogP contribution in [0.1, 0.15) is 37.9 Å². The molecule has 0 bridgehead atoms. The molecule has 2 heteroatoms. The summed E-state index contributed by atoms with van der Waals surface area (Å²) in [6.07, 6.45) is 0. The highest BCUT2D eigenvalue weighted by atomic mass is 15.1. The average Bonchev–Trinajstić information content (AvgIpc) is 2.27. The maximum absolute atomic E-state index is 6.26. The topological polar surface area (TPSA) is 29.3 Å². The van der Waals surface area contributed by atoms with E-state index in [0.717, 1.165) is 6.54 Å². The second-order valence-electron chi connectivity index (χ2n) is 5.44. The molecule has 0 heterocycles. The lowest BCUT2D eigenvalue weighted by Crippen LogP contribution is -2.38. The van der Waals surface area contributed by atoms with Gasteiger partial charge in [-0.15, -0.1) is 0 Å². The van der Waals surface area contributed by atoms with E-state index < -0.39 is 0 Å². The van der Waals surface area contributed by atoms with Crippen molar-refractivity contribution < 1.29 is 0 Å². The number of rotatable bonds is 5. The molecule has 0 aliphatic heterocycles. The van der Waals surface area contributed by atoms with Crippen molar-refractivity contribution in [2.45, 2.75) is 39.8 Å². The van der Waals surface area contributed by atoms with Crippen molar-refractivity contribution in [3.8, 4) is 0 Å². The van der Waals surface area contributed by atoms with Crippen LogP contribution in [0, 0.1) is 12.8 Å². The Morgan fingerprint density at radius 3 is 2.41 bits per heavy atom. The van der Waals surface area contributed by atoms with Crippen LogP contribution in [0.3, 0.4) is 0 Å². The van der Waals surface area contributed by atoms with Crippen LogP contribution >= 0.6 is 0 Å². The van der Waals surface area contributed by atoms with Crippen molar-refractivity contribution >= 4 is 0 Å². The summed E-state index contributed by atoms with van der Waals surface area (Å²) in [6.45, 7) is 9.77. The predicted octanol–water partition coefficient (Wildman–Crippen LogP) is 2.97. The first kappa shape index (κ1) is 14.2. The van der Waals surface area contributed by atoms with Gasteiger partial charge in [0.25, 0.3) is 0 Å². The van der Waals surface area contributed by atoms with Gasteiger partial charge in [-0.25, -0.2) is 0 Å². The fourth-order valence-corrected chi connectivity index (χ4v) is 1.99. The first-order valence-electron chi connectivity index (χ1n) is 6.44. The highest BCUT2D eigenvalue weighted by Gasteiger charge is 2.16. The Kier molecular flexibility index (Phi) is 5.16. The third kappa shape index (κ3) is 4.14. The third-order valence-corrected chi connectivity index (χ3v) is 3.62. The van der Waals surface area contributed by atoms with Crippen LogP contribution in [0.5, 0.6) is 0 Å². The summed E-state index contributed by atoms with van der Waals surface area (Å²) >= 11 is 0. The molecule has 0 amide bonds. The van der Waals surface area contributed by atoms with Crippen molar-refractivity contribution in [1.82, 2.24) is 4.90 Å². The molecule has 2 unspecified atom stereocenters. The van der Waals surface area contributed by atoms with Crippen LogP contribution in [0.15, 0.2) is 24.3 Å². The lowest BCUT2D eigenvalue weighted by atomic mass is 10.0. The van der Waals surface area contributed by atoms with Gasteiger partial charge in [-0.1, -0.05) is 43.7 Å². The van der Waals surface area contributed by atoms with Gasteiger partial charge in [0.2, 0.25) is 0 Å². The molecular formula is C15H26N2. The Hall–Kier alpha value is -0.860. The van der Waals surface area contributed by atoms with Crippen LogP contribution in [-0.4, -0.2) is 24.5 Å². The molecule has 0 aliphatic carbocycles. The van der Waals surface area contributed by atoms with E-state index in [1.807, 2.05) is 0 Å². The summed E-state index contributed by atoms with van der Waals surface area (Å²) < 4.78 is 0. The Labute approximate surface area is 106 Å². The number of hydrogen-bond acceptors (Lipinski definition) is 2. The van der Waals surface area contributed by atoms with Crippen LogP contribution in [0.4, 0.5) is 0 Å². The fraction of sp³-hybridized carbons (Fsp3) is 0.600. The van der Waals surface area contributed by atoms with E-state index in [1.165, 1.54) is 11.1 Å². The minimum Gasteiger partial charge on any atom is -0.323 e. The smallest absolute Gasteiger partial charge is 0.0424 e. The van der Waals surface area contributed by atoms with E-state index in [4.69, 9.17) is 5.73 Å². The summed E-state index contributed by atoms with van der Waals surface area (Å²) in [6, 6.07) is 9.14. The molecule has 1 rings (SSSR count). The maximum Gasteiger partial charge on any atom is 0.0424 e. The largest absolute Gasteiger partial charge is 0.323 e. The molecule has 0 aliphatic rings. The Morgan fingerprint density at radius 1 is 1.24 bits per heavy atom. The SMILES string of the molecule is Cc1cccc(C(N)CN(C)C(C)C(C)C)c1. The second-order valence-corrected chi connectivity index (χ2v) is 5.44. The average molecular weight is 234 g/mol. The quantitative estimate of drug-likeness (QED) is 0.848. The summed E-state index contributed by atoms with van der Waals surface area (Å²) in [5.74, 6) is 0.657. The summed E-state index contributed by atoms with van der Waals surface area (Å²) in [5.41, 5.74) is 8.77. The molecule has 0 saturated heterocycles. The highest BCUT2D eigenvalue weighted by Crippen LogP contribution is 2.16. The molecule has 0 spiro atoms. The van der Waals surface area contributed by atoms with E-state index in [1.54, 1.807) is 0 Å². The molecule has 0 aromatic heterocycles. The molecule has 1 aromatic carbocycles. The zero-order chi connectivity index (χ0) is 13.0. The Morgan fingerprint density at radius 2 is 1.88 bits per heavy atom. The number of nitrogens with zero attached hydrogens (tertiary/aromatic N) is 1. The number of nitrogens with two attached hydrogens (primary N) is 1. The fourth-order valence-electron chi connectivity index (χ4n) is 1.99.